The van der Waals surface area contributed by atoms with Crippen molar-refractivity contribution in [3.8, 4) is 0 Å². The Bertz CT molecular complexity index is 116. The summed E-state index contributed by atoms with van der Waals surface area (Å²) in [5, 5.41) is 3.23. The summed E-state index contributed by atoms with van der Waals surface area (Å²) in [7, 11) is 0. The zero-order valence-corrected chi connectivity index (χ0v) is 12.5. The van der Waals surface area contributed by atoms with Gasteiger partial charge in [0.2, 0.25) is 0 Å². The first kappa shape index (κ1) is 21.0. The summed E-state index contributed by atoms with van der Waals surface area (Å²) in [4.78, 5) is 10.9. The summed E-state index contributed by atoms with van der Waals surface area (Å²) in [5.74, 6) is 0.293. The fraction of sp³-hybridized carbons (Fsp3) is 0.929. The van der Waals surface area contributed by atoms with E-state index in [9.17, 15) is 4.79 Å². The van der Waals surface area contributed by atoms with E-state index in [1.807, 2.05) is 41.5 Å². The van der Waals surface area contributed by atoms with E-state index >= 15 is 0 Å². The van der Waals surface area contributed by atoms with Gasteiger partial charge in [-0.25, -0.2) is 0 Å². The Labute approximate surface area is 103 Å². The van der Waals surface area contributed by atoms with Crippen LogP contribution in [0.3, 0.4) is 0 Å². The van der Waals surface area contributed by atoms with E-state index in [-0.39, 0.29) is 6.04 Å². The van der Waals surface area contributed by atoms with Gasteiger partial charge in [-0.3, -0.25) is 4.79 Å². The van der Waals surface area contributed by atoms with Crippen LogP contribution in [0.2, 0.25) is 0 Å². The first-order valence-corrected chi connectivity index (χ1v) is 7.04. The number of ketones is 1. The standard InChI is InChI=1S/C8H15NO.3C2H6/c1-7(10)8-5-3-2-4-6-9-8;3*1-2/h8-9H,2-6H2,1H3;3*1-2H3. The molecule has 1 N–H and O–H groups in total. The monoisotopic (exact) mass is 231 g/mol. The molecule has 0 aromatic heterocycles. The summed E-state index contributed by atoms with van der Waals surface area (Å²) in [6.07, 6.45) is 4.74. The highest BCUT2D eigenvalue weighted by molar-refractivity contribution is 5.81. The molecule has 2 nitrogen and oxygen atoms in total. The van der Waals surface area contributed by atoms with Crippen LogP contribution < -0.4 is 5.32 Å². The number of nitrogens with one attached hydrogen (secondary N) is 1. The van der Waals surface area contributed by atoms with Gasteiger partial charge in [-0.2, -0.15) is 0 Å². The molecule has 1 atom stereocenters. The van der Waals surface area contributed by atoms with Gasteiger partial charge in [0.25, 0.3) is 0 Å². The van der Waals surface area contributed by atoms with E-state index < -0.39 is 0 Å². The van der Waals surface area contributed by atoms with Crippen LogP contribution in [0.15, 0.2) is 0 Å². The summed E-state index contributed by atoms with van der Waals surface area (Å²) < 4.78 is 0. The third-order valence-corrected chi connectivity index (χ3v) is 2.05. The quantitative estimate of drug-likeness (QED) is 0.733. The van der Waals surface area contributed by atoms with Crippen LogP contribution in [-0.4, -0.2) is 18.4 Å². The van der Waals surface area contributed by atoms with Crippen molar-refractivity contribution in [3.05, 3.63) is 0 Å². The van der Waals surface area contributed by atoms with E-state index in [1.54, 1.807) is 6.92 Å². The fourth-order valence-corrected chi connectivity index (χ4v) is 1.38. The molecule has 1 aliphatic rings. The van der Waals surface area contributed by atoms with Gasteiger partial charge in [0.1, 0.15) is 5.78 Å². The minimum absolute atomic E-state index is 0.155. The summed E-state index contributed by atoms with van der Waals surface area (Å²) >= 11 is 0. The molecular formula is C14H33NO. The lowest BCUT2D eigenvalue weighted by Gasteiger charge is -2.10. The van der Waals surface area contributed by atoms with Crippen molar-refractivity contribution in [1.82, 2.24) is 5.32 Å². The van der Waals surface area contributed by atoms with Gasteiger partial charge in [-0.1, -0.05) is 54.4 Å². The topological polar surface area (TPSA) is 29.1 Å². The third-order valence-electron chi connectivity index (χ3n) is 2.05. The molecule has 0 bridgehead atoms. The average Bonchev–Trinajstić information content (AvgIpc) is 2.65. The molecule has 0 spiro atoms. The molecule has 0 saturated carbocycles. The number of rotatable bonds is 1. The predicted octanol–water partition coefficient (Wildman–Crippen LogP) is 4.19. The van der Waals surface area contributed by atoms with E-state index in [0.717, 1.165) is 13.0 Å². The second-order valence-electron chi connectivity index (χ2n) is 2.97. The van der Waals surface area contributed by atoms with Crippen LogP contribution in [0, 0.1) is 0 Å². The Morgan fingerprint density at radius 1 is 0.938 bits per heavy atom. The zero-order chi connectivity index (χ0) is 13.4. The molecule has 1 heterocycles. The smallest absolute Gasteiger partial charge is 0.146 e. The van der Waals surface area contributed by atoms with Crippen LogP contribution in [0.5, 0.6) is 0 Å². The zero-order valence-electron chi connectivity index (χ0n) is 12.5. The number of carbonyl (C=O) groups is 1. The molecule has 1 saturated heterocycles. The van der Waals surface area contributed by atoms with E-state index in [2.05, 4.69) is 5.32 Å². The molecule has 0 aromatic rings. The summed E-state index contributed by atoms with van der Waals surface area (Å²) in [5.41, 5.74) is 0. The van der Waals surface area contributed by atoms with E-state index in [4.69, 9.17) is 0 Å². The van der Waals surface area contributed by atoms with Gasteiger partial charge < -0.3 is 5.32 Å². The molecule has 0 aromatic carbocycles. The van der Waals surface area contributed by atoms with Crippen molar-refractivity contribution >= 4 is 5.78 Å². The van der Waals surface area contributed by atoms with Gasteiger partial charge >= 0.3 is 0 Å². The Hall–Kier alpha value is -0.370. The summed E-state index contributed by atoms with van der Waals surface area (Å²) in [6.45, 7) is 14.7. The Morgan fingerprint density at radius 2 is 1.44 bits per heavy atom. The molecule has 0 aliphatic carbocycles. The second kappa shape index (κ2) is 20.1. The Morgan fingerprint density at radius 3 is 1.88 bits per heavy atom. The van der Waals surface area contributed by atoms with Crippen molar-refractivity contribution in [3.63, 3.8) is 0 Å². The van der Waals surface area contributed by atoms with Crippen molar-refractivity contribution in [2.24, 2.45) is 0 Å². The molecule has 16 heavy (non-hydrogen) atoms. The molecule has 0 radical (unpaired) electrons. The lowest BCUT2D eigenvalue weighted by atomic mass is 10.1. The van der Waals surface area contributed by atoms with Crippen LogP contribution >= 0.6 is 0 Å². The van der Waals surface area contributed by atoms with Crippen molar-refractivity contribution in [1.29, 1.82) is 0 Å². The summed E-state index contributed by atoms with van der Waals surface area (Å²) in [6, 6.07) is 0.155. The maximum absolute atomic E-state index is 10.9. The largest absolute Gasteiger partial charge is 0.307 e. The van der Waals surface area contributed by atoms with Gasteiger partial charge in [0, 0.05) is 0 Å². The van der Waals surface area contributed by atoms with Gasteiger partial charge in [-0.15, -0.1) is 0 Å². The molecule has 1 unspecified atom stereocenters. The van der Waals surface area contributed by atoms with Gasteiger partial charge in [0.05, 0.1) is 6.04 Å². The maximum Gasteiger partial charge on any atom is 0.146 e. The first-order chi connectivity index (χ1) is 7.80. The highest BCUT2D eigenvalue weighted by Crippen LogP contribution is 2.08. The molecule has 0 amide bonds. The SMILES string of the molecule is CC.CC.CC.CC(=O)C1CCCCCN1. The molecule has 100 valence electrons. The van der Waals surface area contributed by atoms with E-state index in [1.165, 1.54) is 19.3 Å². The highest BCUT2D eigenvalue weighted by Gasteiger charge is 2.14. The molecular weight excluding hydrogens is 198 g/mol. The average molecular weight is 231 g/mol. The first-order valence-electron chi connectivity index (χ1n) is 7.04. The minimum Gasteiger partial charge on any atom is -0.307 e. The van der Waals surface area contributed by atoms with Crippen molar-refractivity contribution in [2.75, 3.05) is 6.54 Å². The predicted molar refractivity (Wildman–Crippen MR) is 75.0 cm³/mol. The lowest BCUT2D eigenvalue weighted by Crippen LogP contribution is -2.34. The number of hydrogen-bond donors (Lipinski definition) is 1. The second-order valence-corrected chi connectivity index (χ2v) is 2.97. The highest BCUT2D eigenvalue weighted by atomic mass is 16.1. The Balaban J connectivity index is -0.000000245. The molecule has 1 rings (SSSR count). The maximum atomic E-state index is 10.9. The number of Topliss-reactive ketones (excluding diaryl/α,β-unsaturated/α-hetero) is 1. The van der Waals surface area contributed by atoms with Crippen LogP contribution in [0.25, 0.3) is 0 Å². The number of hydrogen-bond acceptors (Lipinski definition) is 2. The van der Waals surface area contributed by atoms with Crippen LogP contribution in [0.4, 0.5) is 0 Å². The van der Waals surface area contributed by atoms with Gasteiger partial charge in [0.15, 0.2) is 0 Å². The van der Waals surface area contributed by atoms with Crippen LogP contribution in [-0.2, 0) is 4.79 Å². The minimum atomic E-state index is 0.155. The Kier molecular flexibility index (Phi) is 26.3. The van der Waals surface area contributed by atoms with Crippen molar-refractivity contribution < 1.29 is 4.79 Å². The molecule has 1 aliphatic heterocycles. The lowest BCUT2D eigenvalue weighted by molar-refractivity contribution is -0.119. The van der Waals surface area contributed by atoms with Crippen LogP contribution in [0.1, 0.15) is 74.1 Å². The fourth-order valence-electron chi connectivity index (χ4n) is 1.38. The molecule has 2 heteroatoms. The molecule has 1 fully saturated rings. The number of carbonyl (C=O) groups excluding carboxylic acids is 1. The van der Waals surface area contributed by atoms with Gasteiger partial charge in [-0.05, 0) is 26.3 Å². The third kappa shape index (κ3) is 13.6. The van der Waals surface area contributed by atoms with E-state index in [0.29, 0.717) is 5.78 Å². The van der Waals surface area contributed by atoms with Crippen molar-refractivity contribution in [2.45, 2.75) is 80.2 Å². The normalized spacial score (nSPS) is 18.3.